The summed E-state index contributed by atoms with van der Waals surface area (Å²) in [6.45, 7) is 0.592. The van der Waals surface area contributed by atoms with Gasteiger partial charge in [0.25, 0.3) is 0 Å². The van der Waals surface area contributed by atoms with Crippen molar-refractivity contribution in [2.24, 2.45) is 0 Å². The number of rotatable bonds is 2. The zero-order valence-corrected chi connectivity index (χ0v) is 10.9. The number of anilines is 1. The van der Waals surface area contributed by atoms with Crippen LogP contribution in [0.5, 0.6) is 0 Å². The SMILES string of the molecule is N#Cc1cc(NC2CCC(=O)NC2)nc2ccccc12. The fraction of sp³-hybridized carbons (Fsp3) is 0.267. The molecule has 2 aromatic rings. The average molecular weight is 266 g/mol. The Morgan fingerprint density at radius 1 is 1.40 bits per heavy atom. The Balaban J connectivity index is 1.89. The van der Waals surface area contributed by atoms with Crippen molar-refractivity contribution in [1.29, 1.82) is 5.26 Å². The summed E-state index contributed by atoms with van der Waals surface area (Å²) in [7, 11) is 0. The largest absolute Gasteiger partial charge is 0.365 e. The third-order valence-electron chi connectivity index (χ3n) is 3.45. The van der Waals surface area contributed by atoms with Crippen LogP contribution >= 0.6 is 0 Å². The monoisotopic (exact) mass is 266 g/mol. The molecule has 1 fully saturated rings. The summed E-state index contributed by atoms with van der Waals surface area (Å²) < 4.78 is 0. The van der Waals surface area contributed by atoms with E-state index in [1.54, 1.807) is 6.07 Å². The Morgan fingerprint density at radius 3 is 3.00 bits per heavy atom. The van der Waals surface area contributed by atoms with Crippen LogP contribution < -0.4 is 10.6 Å². The minimum absolute atomic E-state index is 0.0900. The number of carbonyl (C=O) groups is 1. The number of amides is 1. The lowest BCUT2D eigenvalue weighted by molar-refractivity contribution is -0.122. The van der Waals surface area contributed by atoms with Gasteiger partial charge in [-0.15, -0.1) is 0 Å². The number of hydrogen-bond donors (Lipinski definition) is 2. The summed E-state index contributed by atoms with van der Waals surface area (Å²) in [5, 5.41) is 16.2. The van der Waals surface area contributed by atoms with Crippen LogP contribution in [0.25, 0.3) is 10.9 Å². The molecule has 1 unspecified atom stereocenters. The van der Waals surface area contributed by atoms with Crippen LogP contribution in [-0.2, 0) is 4.79 Å². The second-order valence-corrected chi connectivity index (χ2v) is 4.87. The van der Waals surface area contributed by atoms with Gasteiger partial charge in [-0.2, -0.15) is 5.26 Å². The topological polar surface area (TPSA) is 77.8 Å². The highest BCUT2D eigenvalue weighted by atomic mass is 16.1. The molecular formula is C15H14N4O. The van der Waals surface area contributed by atoms with Gasteiger partial charge in [0.05, 0.1) is 17.1 Å². The normalized spacial score (nSPS) is 18.4. The van der Waals surface area contributed by atoms with Gasteiger partial charge in [0, 0.05) is 24.4 Å². The van der Waals surface area contributed by atoms with Crippen molar-refractivity contribution in [1.82, 2.24) is 10.3 Å². The van der Waals surface area contributed by atoms with Gasteiger partial charge in [0.2, 0.25) is 5.91 Å². The van der Waals surface area contributed by atoms with E-state index in [1.165, 1.54) is 0 Å². The Hall–Kier alpha value is -2.61. The first kappa shape index (κ1) is 12.4. The van der Waals surface area contributed by atoms with Crippen LogP contribution in [0.3, 0.4) is 0 Å². The molecule has 2 heterocycles. The van der Waals surface area contributed by atoms with Crippen LogP contribution in [0.4, 0.5) is 5.82 Å². The molecule has 1 atom stereocenters. The molecule has 0 aliphatic carbocycles. The first-order chi connectivity index (χ1) is 9.76. The fourth-order valence-electron chi connectivity index (χ4n) is 2.41. The van der Waals surface area contributed by atoms with E-state index in [4.69, 9.17) is 0 Å². The second kappa shape index (κ2) is 5.17. The number of hydrogen-bond acceptors (Lipinski definition) is 4. The summed E-state index contributed by atoms with van der Waals surface area (Å²) in [4.78, 5) is 15.7. The van der Waals surface area contributed by atoms with Crippen LogP contribution in [0.1, 0.15) is 18.4 Å². The van der Waals surface area contributed by atoms with E-state index in [0.29, 0.717) is 24.3 Å². The number of piperidine rings is 1. The van der Waals surface area contributed by atoms with E-state index in [2.05, 4.69) is 21.7 Å². The van der Waals surface area contributed by atoms with E-state index in [-0.39, 0.29) is 11.9 Å². The Kier molecular flexibility index (Phi) is 3.21. The first-order valence-corrected chi connectivity index (χ1v) is 6.59. The number of nitriles is 1. The highest BCUT2D eigenvalue weighted by Gasteiger charge is 2.18. The predicted molar refractivity (Wildman–Crippen MR) is 76.1 cm³/mol. The van der Waals surface area contributed by atoms with Crippen molar-refractivity contribution < 1.29 is 4.79 Å². The Labute approximate surface area is 116 Å². The van der Waals surface area contributed by atoms with Gasteiger partial charge in [-0.1, -0.05) is 18.2 Å². The number of para-hydroxylation sites is 1. The third-order valence-corrected chi connectivity index (χ3v) is 3.45. The van der Waals surface area contributed by atoms with Gasteiger partial charge >= 0.3 is 0 Å². The van der Waals surface area contributed by atoms with Gasteiger partial charge in [-0.3, -0.25) is 4.79 Å². The van der Waals surface area contributed by atoms with Crippen LogP contribution in [-0.4, -0.2) is 23.5 Å². The number of fused-ring (bicyclic) bond motifs is 1. The minimum atomic E-state index is 0.0900. The van der Waals surface area contributed by atoms with E-state index >= 15 is 0 Å². The zero-order chi connectivity index (χ0) is 13.9. The third kappa shape index (κ3) is 2.41. The molecule has 0 bridgehead atoms. The van der Waals surface area contributed by atoms with E-state index in [0.717, 1.165) is 17.3 Å². The summed E-state index contributed by atoms with van der Waals surface area (Å²) in [6, 6.07) is 11.7. The molecule has 0 radical (unpaired) electrons. The highest BCUT2D eigenvalue weighted by Crippen LogP contribution is 2.21. The van der Waals surface area contributed by atoms with Crippen molar-refractivity contribution in [2.75, 3.05) is 11.9 Å². The molecular weight excluding hydrogens is 252 g/mol. The number of benzene rings is 1. The van der Waals surface area contributed by atoms with Gasteiger partial charge < -0.3 is 10.6 Å². The van der Waals surface area contributed by atoms with Crippen molar-refractivity contribution in [2.45, 2.75) is 18.9 Å². The quantitative estimate of drug-likeness (QED) is 0.868. The first-order valence-electron chi connectivity index (χ1n) is 6.59. The van der Waals surface area contributed by atoms with Crippen molar-refractivity contribution in [3.05, 3.63) is 35.9 Å². The lowest BCUT2D eigenvalue weighted by Crippen LogP contribution is -2.42. The van der Waals surface area contributed by atoms with E-state index in [1.807, 2.05) is 24.3 Å². The van der Waals surface area contributed by atoms with Crippen molar-refractivity contribution >= 4 is 22.6 Å². The highest BCUT2D eigenvalue weighted by molar-refractivity contribution is 5.86. The smallest absolute Gasteiger partial charge is 0.220 e. The molecule has 0 saturated carbocycles. The number of carbonyl (C=O) groups excluding carboxylic acids is 1. The summed E-state index contributed by atoms with van der Waals surface area (Å²) in [5.41, 5.74) is 1.41. The van der Waals surface area contributed by atoms with Gasteiger partial charge in [-0.25, -0.2) is 4.98 Å². The molecule has 3 rings (SSSR count). The van der Waals surface area contributed by atoms with Crippen LogP contribution in [0, 0.1) is 11.3 Å². The van der Waals surface area contributed by atoms with E-state index in [9.17, 15) is 10.1 Å². The maximum Gasteiger partial charge on any atom is 0.220 e. The van der Waals surface area contributed by atoms with Gasteiger partial charge in [0.15, 0.2) is 0 Å². The van der Waals surface area contributed by atoms with Gasteiger partial charge in [0.1, 0.15) is 5.82 Å². The molecule has 1 aromatic heterocycles. The summed E-state index contributed by atoms with van der Waals surface area (Å²) in [5.74, 6) is 0.772. The molecule has 20 heavy (non-hydrogen) atoms. The van der Waals surface area contributed by atoms with Crippen molar-refractivity contribution in [3.63, 3.8) is 0 Å². The molecule has 1 amide bonds. The summed E-state index contributed by atoms with van der Waals surface area (Å²) >= 11 is 0. The molecule has 2 N–H and O–H groups in total. The summed E-state index contributed by atoms with van der Waals surface area (Å²) in [6.07, 6.45) is 1.30. The number of nitrogens with zero attached hydrogens (tertiary/aromatic N) is 2. The molecule has 1 saturated heterocycles. The van der Waals surface area contributed by atoms with Crippen LogP contribution in [0.2, 0.25) is 0 Å². The lowest BCUT2D eigenvalue weighted by Gasteiger charge is -2.24. The maximum atomic E-state index is 11.1. The molecule has 100 valence electrons. The number of nitrogens with one attached hydrogen (secondary N) is 2. The Bertz CT molecular complexity index is 695. The zero-order valence-electron chi connectivity index (χ0n) is 10.9. The standard InChI is InChI=1S/C15H14N4O/c16-8-10-7-14(18-11-5-6-15(20)17-9-11)19-13-4-2-1-3-12(10)13/h1-4,7,11H,5-6,9H2,(H,17,20)(H,18,19). The van der Waals surface area contributed by atoms with Gasteiger partial charge in [-0.05, 0) is 18.6 Å². The molecule has 5 heteroatoms. The van der Waals surface area contributed by atoms with E-state index < -0.39 is 0 Å². The molecule has 1 aliphatic rings. The van der Waals surface area contributed by atoms with Crippen molar-refractivity contribution in [3.8, 4) is 6.07 Å². The predicted octanol–water partition coefficient (Wildman–Crippen LogP) is 1.80. The fourth-order valence-corrected chi connectivity index (χ4v) is 2.41. The minimum Gasteiger partial charge on any atom is -0.365 e. The molecule has 1 aliphatic heterocycles. The maximum absolute atomic E-state index is 11.1. The number of aromatic nitrogens is 1. The molecule has 1 aromatic carbocycles. The average Bonchev–Trinajstić information content (AvgIpc) is 2.49. The molecule has 0 spiro atoms. The second-order valence-electron chi connectivity index (χ2n) is 4.87. The Morgan fingerprint density at radius 2 is 2.25 bits per heavy atom. The number of pyridine rings is 1. The van der Waals surface area contributed by atoms with Crippen LogP contribution in [0.15, 0.2) is 30.3 Å². The lowest BCUT2D eigenvalue weighted by atomic mass is 10.1. The molecule has 5 nitrogen and oxygen atoms in total.